The fourth-order valence-electron chi connectivity index (χ4n) is 3.17. The average molecular weight is 495 g/mol. The van der Waals surface area contributed by atoms with E-state index in [0.29, 0.717) is 0 Å². The van der Waals surface area contributed by atoms with Crippen LogP contribution in [0.25, 0.3) is 22.4 Å². The lowest BCUT2D eigenvalue weighted by Crippen LogP contribution is -2.07. The first-order valence-corrected chi connectivity index (χ1v) is 9.68. The van der Waals surface area contributed by atoms with Crippen LogP contribution in [0.5, 0.6) is 11.5 Å². The Balaban J connectivity index is 2.23. The minimum Gasteiger partial charge on any atom is -0.506 e. The van der Waals surface area contributed by atoms with E-state index in [1.54, 1.807) is 0 Å². The summed E-state index contributed by atoms with van der Waals surface area (Å²) in [7, 11) is 2.66. The number of benzene rings is 2. The molecule has 3 rings (SSSR count). The standard InChI is InChI=1S/C21H17ClF6N2O3/c1-30-15(10-17(29-30)21(26,27)28)12-4-6-16(33-8-7-32-2)18(19(12)31)11-3-5-14(22)13(9-11)20(23,24)25/h3-6,9-10,31H,7-8H2,1-2H3. The number of nitrogens with zero attached hydrogens (tertiary/aromatic N) is 2. The van der Waals surface area contributed by atoms with Gasteiger partial charge in [-0.15, -0.1) is 0 Å². The van der Waals surface area contributed by atoms with E-state index in [9.17, 15) is 31.4 Å². The quantitative estimate of drug-likeness (QED) is 0.328. The van der Waals surface area contributed by atoms with Crippen molar-refractivity contribution in [3.05, 3.63) is 52.7 Å². The van der Waals surface area contributed by atoms with Gasteiger partial charge < -0.3 is 14.6 Å². The molecule has 0 aliphatic carbocycles. The molecule has 1 aromatic heterocycles. The third-order valence-electron chi connectivity index (χ3n) is 4.69. The average Bonchev–Trinajstić information content (AvgIpc) is 3.10. The van der Waals surface area contributed by atoms with Gasteiger partial charge in [0.25, 0.3) is 0 Å². The molecule has 2 aromatic carbocycles. The van der Waals surface area contributed by atoms with Crippen LogP contribution >= 0.6 is 11.6 Å². The van der Waals surface area contributed by atoms with Crippen LogP contribution in [-0.4, -0.2) is 35.2 Å². The van der Waals surface area contributed by atoms with Crippen LogP contribution in [0, 0.1) is 0 Å². The molecule has 1 N–H and O–H groups in total. The molecular weight excluding hydrogens is 478 g/mol. The normalized spacial score (nSPS) is 12.3. The van der Waals surface area contributed by atoms with Crippen LogP contribution in [0.2, 0.25) is 5.02 Å². The Labute approximate surface area is 189 Å². The van der Waals surface area contributed by atoms with E-state index >= 15 is 0 Å². The molecule has 0 radical (unpaired) electrons. The molecule has 5 nitrogen and oxygen atoms in total. The van der Waals surface area contributed by atoms with Crippen molar-refractivity contribution < 1.29 is 40.9 Å². The molecule has 0 saturated carbocycles. The van der Waals surface area contributed by atoms with E-state index in [1.807, 2.05) is 0 Å². The van der Waals surface area contributed by atoms with Crippen LogP contribution < -0.4 is 4.74 Å². The van der Waals surface area contributed by atoms with Gasteiger partial charge in [-0.1, -0.05) is 17.7 Å². The first-order chi connectivity index (χ1) is 15.3. The van der Waals surface area contributed by atoms with Gasteiger partial charge in [-0.05, 0) is 35.9 Å². The van der Waals surface area contributed by atoms with E-state index in [1.165, 1.54) is 32.4 Å². The monoisotopic (exact) mass is 494 g/mol. The minimum atomic E-state index is -4.78. The molecule has 0 atom stereocenters. The Morgan fingerprint density at radius 2 is 1.70 bits per heavy atom. The Hall–Kier alpha value is -2.92. The summed E-state index contributed by atoms with van der Waals surface area (Å²) in [5.41, 5.74) is -2.77. The smallest absolute Gasteiger partial charge is 0.435 e. The van der Waals surface area contributed by atoms with E-state index in [0.717, 1.165) is 22.9 Å². The second-order valence-electron chi connectivity index (χ2n) is 6.90. The van der Waals surface area contributed by atoms with Crippen LogP contribution in [0.4, 0.5) is 26.3 Å². The zero-order valence-electron chi connectivity index (χ0n) is 17.2. The SMILES string of the molecule is COCCOc1ccc(-c2cc(C(F)(F)F)nn2C)c(O)c1-c1ccc(Cl)c(C(F)(F)F)c1. The molecule has 12 heteroatoms. The number of aromatic hydroxyl groups is 1. The van der Waals surface area contributed by atoms with E-state index in [-0.39, 0.29) is 41.3 Å². The van der Waals surface area contributed by atoms with Crippen molar-refractivity contribution in [3.8, 4) is 33.9 Å². The first-order valence-electron chi connectivity index (χ1n) is 9.31. The number of hydrogen-bond acceptors (Lipinski definition) is 4. The highest BCUT2D eigenvalue weighted by molar-refractivity contribution is 6.31. The topological polar surface area (TPSA) is 56.5 Å². The molecular formula is C21H17ClF6N2O3. The summed E-state index contributed by atoms with van der Waals surface area (Å²) < 4.78 is 90.8. The van der Waals surface area contributed by atoms with Crippen LogP contribution in [0.15, 0.2) is 36.4 Å². The van der Waals surface area contributed by atoms with Gasteiger partial charge in [0.1, 0.15) is 18.1 Å². The Morgan fingerprint density at radius 3 is 2.27 bits per heavy atom. The fraction of sp³-hybridized carbons (Fsp3) is 0.286. The van der Waals surface area contributed by atoms with Gasteiger partial charge in [-0.25, -0.2) is 0 Å². The Kier molecular flexibility index (Phi) is 6.85. The van der Waals surface area contributed by atoms with Crippen molar-refractivity contribution in [2.24, 2.45) is 7.05 Å². The highest BCUT2D eigenvalue weighted by atomic mass is 35.5. The van der Waals surface area contributed by atoms with Gasteiger partial charge in [-0.2, -0.15) is 31.4 Å². The number of aryl methyl sites for hydroxylation is 1. The molecule has 0 amide bonds. The first kappa shape index (κ1) is 24.7. The zero-order chi connectivity index (χ0) is 24.6. The van der Waals surface area contributed by atoms with Crippen LogP contribution in [0.1, 0.15) is 11.3 Å². The van der Waals surface area contributed by atoms with E-state index in [2.05, 4.69) is 5.10 Å². The molecule has 178 valence electrons. The molecule has 0 bridgehead atoms. The maximum atomic E-state index is 13.4. The van der Waals surface area contributed by atoms with Crippen LogP contribution in [-0.2, 0) is 24.1 Å². The summed E-state index contributed by atoms with van der Waals surface area (Å²) in [6, 6.07) is 6.34. The van der Waals surface area contributed by atoms with Gasteiger partial charge in [0.15, 0.2) is 5.69 Å². The highest BCUT2D eigenvalue weighted by Gasteiger charge is 2.36. The third kappa shape index (κ3) is 5.19. The number of phenolic OH excluding ortho intramolecular Hbond substituents is 1. The summed E-state index contributed by atoms with van der Waals surface area (Å²) in [5.74, 6) is -0.584. The fourth-order valence-corrected chi connectivity index (χ4v) is 3.39. The van der Waals surface area contributed by atoms with Crippen molar-refractivity contribution in [2.75, 3.05) is 20.3 Å². The van der Waals surface area contributed by atoms with E-state index < -0.39 is 34.4 Å². The van der Waals surface area contributed by atoms with Gasteiger partial charge in [-0.3, -0.25) is 4.68 Å². The number of rotatable bonds is 6. The van der Waals surface area contributed by atoms with Gasteiger partial charge in [0.05, 0.1) is 28.5 Å². The Morgan fingerprint density at radius 1 is 1.00 bits per heavy atom. The van der Waals surface area contributed by atoms with Gasteiger partial charge in [0, 0.05) is 19.7 Å². The number of alkyl halides is 6. The second-order valence-corrected chi connectivity index (χ2v) is 7.31. The van der Waals surface area contributed by atoms with Gasteiger partial charge in [0.2, 0.25) is 0 Å². The maximum Gasteiger partial charge on any atom is 0.435 e. The number of halogens is 7. The molecule has 0 aliphatic rings. The third-order valence-corrected chi connectivity index (χ3v) is 5.02. The lowest BCUT2D eigenvalue weighted by atomic mass is 9.97. The molecule has 0 saturated heterocycles. The molecule has 0 spiro atoms. The predicted octanol–water partition coefficient (Wildman–Crippen LogP) is 6.18. The molecule has 0 fully saturated rings. The molecule has 3 aromatic rings. The molecule has 0 aliphatic heterocycles. The predicted molar refractivity (Wildman–Crippen MR) is 108 cm³/mol. The van der Waals surface area contributed by atoms with Crippen molar-refractivity contribution in [3.63, 3.8) is 0 Å². The lowest BCUT2D eigenvalue weighted by Gasteiger charge is -2.18. The van der Waals surface area contributed by atoms with Crippen molar-refractivity contribution in [2.45, 2.75) is 12.4 Å². The minimum absolute atomic E-state index is 0.00181. The molecule has 0 unspecified atom stereocenters. The molecule has 33 heavy (non-hydrogen) atoms. The number of methoxy groups -OCH3 is 1. The van der Waals surface area contributed by atoms with Gasteiger partial charge >= 0.3 is 12.4 Å². The summed E-state index contributed by atoms with van der Waals surface area (Å²) in [6.45, 7) is 0.152. The number of ether oxygens (including phenoxy) is 2. The summed E-state index contributed by atoms with van der Waals surface area (Å²) in [4.78, 5) is 0. The largest absolute Gasteiger partial charge is 0.506 e. The number of aromatic nitrogens is 2. The number of hydrogen-bond donors (Lipinski definition) is 1. The maximum absolute atomic E-state index is 13.4. The zero-order valence-corrected chi connectivity index (χ0v) is 17.9. The number of phenols is 1. The van der Waals surface area contributed by atoms with Crippen molar-refractivity contribution in [1.29, 1.82) is 0 Å². The summed E-state index contributed by atoms with van der Waals surface area (Å²) >= 11 is 5.70. The molecule has 1 heterocycles. The lowest BCUT2D eigenvalue weighted by molar-refractivity contribution is -0.141. The van der Waals surface area contributed by atoms with Crippen molar-refractivity contribution in [1.82, 2.24) is 9.78 Å². The van der Waals surface area contributed by atoms with Crippen molar-refractivity contribution >= 4 is 11.6 Å². The van der Waals surface area contributed by atoms with Crippen LogP contribution in [0.3, 0.4) is 0 Å². The second kappa shape index (κ2) is 9.14. The van der Waals surface area contributed by atoms with E-state index in [4.69, 9.17) is 21.1 Å². The Bertz CT molecular complexity index is 1160. The highest BCUT2D eigenvalue weighted by Crippen LogP contribution is 2.47. The summed E-state index contributed by atoms with van der Waals surface area (Å²) in [6.07, 6.45) is -9.50. The summed E-state index contributed by atoms with van der Waals surface area (Å²) in [5, 5.41) is 13.8.